The van der Waals surface area contributed by atoms with Crippen LogP contribution >= 0.6 is 11.3 Å². The third kappa shape index (κ3) is 6.09. The van der Waals surface area contributed by atoms with Gasteiger partial charge in [-0.25, -0.2) is 0 Å². The van der Waals surface area contributed by atoms with Crippen molar-refractivity contribution in [1.82, 2.24) is 4.57 Å². The van der Waals surface area contributed by atoms with E-state index in [2.05, 4.69) is 240 Å². The van der Waals surface area contributed by atoms with Crippen molar-refractivity contribution < 1.29 is 0 Å². The van der Waals surface area contributed by atoms with Gasteiger partial charge in [0.15, 0.2) is 0 Å². The molecule has 0 aliphatic heterocycles. The zero-order valence-electron chi connectivity index (χ0n) is 33.2. The minimum atomic E-state index is 1.10. The van der Waals surface area contributed by atoms with Crippen LogP contribution in [0, 0.1) is 0 Å². The quantitative estimate of drug-likeness (QED) is 0.156. The molecule has 2 aromatic heterocycles. The predicted molar refractivity (Wildman–Crippen MR) is 262 cm³/mol. The van der Waals surface area contributed by atoms with E-state index in [1.807, 2.05) is 11.3 Å². The molecule has 2 heterocycles. The standard InChI is InChI=1S/C58H38N2S/c1-3-13-39(14-4-1)42-23-29-46(30-24-42)59(48-33-25-41-17-7-8-18-44(41)35-48)47-31-26-43(27-32-47)52-37-49(38-54-51-20-10-12-22-57(51)61-58(52)54)60-55-21-11-9-19-50(55)53-36-45(28-34-56(53)60)40-15-5-2-6-16-40/h1-38H. The van der Waals surface area contributed by atoms with Gasteiger partial charge in [-0.2, -0.15) is 0 Å². The molecule has 12 rings (SSSR count). The van der Waals surface area contributed by atoms with E-state index >= 15 is 0 Å². The molecular formula is C58H38N2S. The number of rotatable bonds is 7. The van der Waals surface area contributed by atoms with Crippen LogP contribution in [0.25, 0.3) is 91.8 Å². The van der Waals surface area contributed by atoms with Gasteiger partial charge in [-0.05, 0) is 111 Å². The lowest BCUT2D eigenvalue weighted by molar-refractivity contribution is 1.19. The summed E-state index contributed by atoms with van der Waals surface area (Å²) in [5.74, 6) is 0. The van der Waals surface area contributed by atoms with E-state index in [9.17, 15) is 0 Å². The molecule has 61 heavy (non-hydrogen) atoms. The van der Waals surface area contributed by atoms with Gasteiger partial charge in [0.1, 0.15) is 0 Å². The van der Waals surface area contributed by atoms with Gasteiger partial charge < -0.3 is 9.47 Å². The van der Waals surface area contributed by atoms with Gasteiger partial charge in [0, 0.05) is 59.3 Å². The predicted octanol–water partition coefficient (Wildman–Crippen LogP) is 16.8. The van der Waals surface area contributed by atoms with E-state index < -0.39 is 0 Å². The average Bonchev–Trinajstić information content (AvgIpc) is 3.88. The summed E-state index contributed by atoms with van der Waals surface area (Å²) in [4.78, 5) is 2.37. The lowest BCUT2D eigenvalue weighted by Crippen LogP contribution is -2.09. The second-order valence-electron chi connectivity index (χ2n) is 15.7. The van der Waals surface area contributed by atoms with Crippen molar-refractivity contribution in [3.05, 3.63) is 231 Å². The lowest BCUT2D eigenvalue weighted by Gasteiger charge is -2.26. The highest BCUT2D eigenvalue weighted by Crippen LogP contribution is 2.45. The third-order valence-corrected chi connectivity index (χ3v) is 13.4. The molecule has 0 bridgehead atoms. The van der Waals surface area contributed by atoms with Gasteiger partial charge in [-0.15, -0.1) is 11.3 Å². The number of para-hydroxylation sites is 1. The average molecular weight is 795 g/mol. The molecule has 0 radical (unpaired) electrons. The molecule has 2 nitrogen and oxygen atoms in total. The fourth-order valence-corrected chi connectivity index (χ4v) is 10.4. The Morgan fingerprint density at radius 2 is 0.885 bits per heavy atom. The Morgan fingerprint density at radius 3 is 1.64 bits per heavy atom. The highest BCUT2D eigenvalue weighted by atomic mass is 32.1. The molecule has 0 amide bonds. The minimum absolute atomic E-state index is 1.10. The Labute approximate surface area is 358 Å². The SMILES string of the molecule is c1ccc(-c2ccc(N(c3ccc(-c4cc(-n5c6ccccc6c6cc(-c7ccccc7)ccc65)cc5c4sc4ccccc45)cc3)c3ccc4ccccc4c3)cc2)cc1. The monoisotopic (exact) mass is 794 g/mol. The van der Waals surface area contributed by atoms with Crippen molar-refractivity contribution in [1.29, 1.82) is 0 Å². The summed E-state index contributed by atoms with van der Waals surface area (Å²) in [5, 5.41) is 7.52. The van der Waals surface area contributed by atoms with Crippen molar-refractivity contribution >= 4 is 81.1 Å². The highest BCUT2D eigenvalue weighted by Gasteiger charge is 2.19. The van der Waals surface area contributed by atoms with Crippen molar-refractivity contribution in [3.63, 3.8) is 0 Å². The summed E-state index contributed by atoms with van der Waals surface area (Å²) in [5.41, 5.74) is 14.2. The summed E-state index contributed by atoms with van der Waals surface area (Å²) < 4.78 is 5.06. The second kappa shape index (κ2) is 14.5. The Hall–Kier alpha value is -7.72. The van der Waals surface area contributed by atoms with Gasteiger partial charge in [0.05, 0.1) is 11.0 Å². The lowest BCUT2D eigenvalue weighted by atomic mass is 10.00. The van der Waals surface area contributed by atoms with E-state index in [4.69, 9.17) is 0 Å². The van der Waals surface area contributed by atoms with Crippen LogP contribution in [-0.2, 0) is 0 Å². The minimum Gasteiger partial charge on any atom is -0.310 e. The van der Waals surface area contributed by atoms with Gasteiger partial charge in [-0.1, -0.05) is 158 Å². The van der Waals surface area contributed by atoms with Gasteiger partial charge in [0.2, 0.25) is 0 Å². The summed E-state index contributed by atoms with van der Waals surface area (Å²) in [6.07, 6.45) is 0. The van der Waals surface area contributed by atoms with E-state index in [0.717, 1.165) is 22.7 Å². The molecule has 3 heteroatoms. The molecule has 0 saturated carbocycles. The molecule has 0 saturated heterocycles. The summed E-state index contributed by atoms with van der Waals surface area (Å²) in [6.45, 7) is 0. The van der Waals surface area contributed by atoms with Crippen LogP contribution in [0.4, 0.5) is 17.1 Å². The third-order valence-electron chi connectivity index (χ3n) is 12.2. The summed E-state index contributed by atoms with van der Waals surface area (Å²) in [6, 6.07) is 84.2. The molecule has 12 aromatic rings. The molecule has 0 aliphatic rings. The smallest absolute Gasteiger partial charge is 0.0541 e. The topological polar surface area (TPSA) is 8.17 Å². The van der Waals surface area contributed by atoms with Crippen LogP contribution in [0.5, 0.6) is 0 Å². The van der Waals surface area contributed by atoms with Gasteiger partial charge >= 0.3 is 0 Å². The number of fused-ring (bicyclic) bond motifs is 7. The van der Waals surface area contributed by atoms with Crippen LogP contribution in [0.3, 0.4) is 0 Å². The van der Waals surface area contributed by atoms with Gasteiger partial charge in [-0.3, -0.25) is 0 Å². The summed E-state index contributed by atoms with van der Waals surface area (Å²) >= 11 is 1.88. The van der Waals surface area contributed by atoms with E-state index in [1.165, 1.54) is 86.1 Å². The maximum Gasteiger partial charge on any atom is 0.0541 e. The van der Waals surface area contributed by atoms with E-state index in [1.54, 1.807) is 0 Å². The van der Waals surface area contributed by atoms with Crippen molar-refractivity contribution in [2.24, 2.45) is 0 Å². The highest BCUT2D eigenvalue weighted by molar-refractivity contribution is 7.26. The maximum atomic E-state index is 2.46. The number of thiophene rings is 1. The number of anilines is 3. The Kier molecular flexibility index (Phi) is 8.39. The van der Waals surface area contributed by atoms with Crippen LogP contribution in [-0.4, -0.2) is 4.57 Å². The van der Waals surface area contributed by atoms with E-state index in [-0.39, 0.29) is 0 Å². The largest absolute Gasteiger partial charge is 0.310 e. The van der Waals surface area contributed by atoms with Crippen molar-refractivity contribution in [2.45, 2.75) is 0 Å². The van der Waals surface area contributed by atoms with Crippen LogP contribution < -0.4 is 4.90 Å². The normalized spacial score (nSPS) is 11.6. The molecule has 0 aliphatic carbocycles. The first-order valence-corrected chi connectivity index (χ1v) is 21.6. The Bertz CT molecular complexity index is 3560. The summed E-state index contributed by atoms with van der Waals surface area (Å²) in [7, 11) is 0. The van der Waals surface area contributed by atoms with Crippen molar-refractivity contribution in [2.75, 3.05) is 4.90 Å². The van der Waals surface area contributed by atoms with Crippen molar-refractivity contribution in [3.8, 4) is 39.1 Å². The molecule has 10 aromatic carbocycles. The second-order valence-corrected chi connectivity index (χ2v) is 16.8. The number of nitrogens with zero attached hydrogens (tertiary/aromatic N) is 2. The number of hydrogen-bond donors (Lipinski definition) is 0. The van der Waals surface area contributed by atoms with E-state index in [0.29, 0.717) is 0 Å². The first-order valence-electron chi connectivity index (χ1n) is 20.8. The fraction of sp³-hybridized carbons (Fsp3) is 0. The maximum absolute atomic E-state index is 2.46. The first-order chi connectivity index (χ1) is 30.2. The molecule has 0 N–H and O–H groups in total. The molecule has 0 unspecified atom stereocenters. The number of aromatic nitrogens is 1. The van der Waals surface area contributed by atoms with Crippen LogP contribution in [0.1, 0.15) is 0 Å². The molecule has 0 atom stereocenters. The molecule has 0 spiro atoms. The molecular weight excluding hydrogens is 757 g/mol. The zero-order chi connectivity index (χ0) is 40.3. The first kappa shape index (κ1) is 35.2. The van der Waals surface area contributed by atoms with Crippen LogP contribution in [0.15, 0.2) is 231 Å². The van der Waals surface area contributed by atoms with Crippen LogP contribution in [0.2, 0.25) is 0 Å². The molecule has 0 fully saturated rings. The zero-order valence-corrected chi connectivity index (χ0v) is 34.1. The Morgan fingerprint density at radius 1 is 0.328 bits per heavy atom. The molecule has 286 valence electrons. The Balaban J connectivity index is 1.02. The van der Waals surface area contributed by atoms with Gasteiger partial charge in [0.25, 0.3) is 0 Å². The number of benzene rings is 10. The fourth-order valence-electron chi connectivity index (χ4n) is 9.20. The number of hydrogen-bond acceptors (Lipinski definition) is 2.